The Morgan fingerprint density at radius 3 is 0.733 bits per heavy atom. The van der Waals surface area contributed by atoms with E-state index in [-0.39, 0.29) is 14.1 Å². The number of hydrogen-bond acceptors (Lipinski definition) is 3. The fourth-order valence-corrected chi connectivity index (χ4v) is 2.99. The van der Waals surface area contributed by atoms with Crippen LogP contribution in [0.2, 0.25) is 0 Å². The highest BCUT2D eigenvalue weighted by molar-refractivity contribution is 7.80. The van der Waals surface area contributed by atoms with Crippen molar-refractivity contribution >= 4 is 37.9 Å². The van der Waals surface area contributed by atoms with Gasteiger partial charge in [0.05, 0.1) is 0 Å². The maximum atomic E-state index is 4.27. The molecule has 0 amide bonds. The van der Waals surface area contributed by atoms with Crippen molar-refractivity contribution in [1.82, 2.24) is 0 Å². The summed E-state index contributed by atoms with van der Waals surface area (Å²) in [7, 11) is 0. The first-order chi connectivity index (χ1) is 12.6. The molecule has 0 heterocycles. The van der Waals surface area contributed by atoms with Gasteiger partial charge in [-0.15, -0.1) is 37.9 Å². The summed E-state index contributed by atoms with van der Waals surface area (Å²) in [6.07, 6.45) is 0. The maximum Gasteiger partial charge on any atom is 0.00718 e. The second-order valence-electron chi connectivity index (χ2n) is 6.87. The number of thiol groups is 3. The quantitative estimate of drug-likeness (QED) is 0.269. The van der Waals surface area contributed by atoms with Crippen molar-refractivity contribution in [2.45, 2.75) is 56.2 Å². The molecule has 0 nitrogen and oxygen atoms in total. The van der Waals surface area contributed by atoms with E-state index in [0.717, 1.165) is 14.7 Å². The van der Waals surface area contributed by atoms with Gasteiger partial charge in [-0.25, -0.2) is 0 Å². The third-order valence-electron chi connectivity index (χ3n) is 4.09. The van der Waals surface area contributed by atoms with Crippen LogP contribution in [0.25, 0.3) is 0 Å². The van der Waals surface area contributed by atoms with Crippen molar-refractivity contribution in [2.24, 2.45) is 0 Å². The number of aryl methyl sites for hydroxylation is 6. The number of benzene rings is 3. The van der Waals surface area contributed by atoms with Crippen molar-refractivity contribution in [3.8, 4) is 0 Å². The second kappa shape index (κ2) is 16.2. The lowest BCUT2D eigenvalue weighted by molar-refractivity contribution is 1.11. The average molecular weight is 475 g/mol. The SMILES string of the molecule is Cc1ccc(C)c(S)c1.Cc1ccc(C)c(S)c1.Cc1ccc(C)c(S)c1.F.F.F. The molecule has 0 aliphatic carbocycles. The second-order valence-corrected chi connectivity index (χ2v) is 8.32. The number of halogens is 3. The topological polar surface area (TPSA) is 0 Å². The molecule has 30 heavy (non-hydrogen) atoms. The highest BCUT2D eigenvalue weighted by Gasteiger charge is 1.91. The van der Waals surface area contributed by atoms with Crippen LogP contribution < -0.4 is 0 Å². The van der Waals surface area contributed by atoms with Crippen LogP contribution in [0.1, 0.15) is 33.4 Å². The lowest BCUT2D eigenvalue weighted by atomic mass is 10.2. The molecule has 0 aromatic heterocycles. The zero-order chi connectivity index (χ0) is 20.6. The van der Waals surface area contributed by atoms with Crippen molar-refractivity contribution in [2.75, 3.05) is 0 Å². The van der Waals surface area contributed by atoms with Crippen LogP contribution in [0.3, 0.4) is 0 Å². The molecule has 0 aliphatic rings. The van der Waals surface area contributed by atoms with Crippen molar-refractivity contribution in [3.05, 3.63) is 88.0 Å². The summed E-state index contributed by atoms with van der Waals surface area (Å²) < 4.78 is 0. The van der Waals surface area contributed by atoms with Gasteiger partial charge in [-0.05, 0) is 76.4 Å². The first-order valence-corrected chi connectivity index (χ1v) is 10.2. The lowest BCUT2D eigenvalue weighted by Gasteiger charge is -1.97. The standard InChI is InChI=1S/3C8H10S.3FH/c3*1-6-3-4-7(2)8(9)5-6;;;/h3*3-5,9H,1-2H3;3*1H. The van der Waals surface area contributed by atoms with Gasteiger partial charge in [0.2, 0.25) is 0 Å². The summed E-state index contributed by atoms with van der Waals surface area (Å²) in [5.41, 5.74) is 7.53. The minimum absolute atomic E-state index is 0. The van der Waals surface area contributed by atoms with Gasteiger partial charge in [0.25, 0.3) is 0 Å². The molecule has 0 radical (unpaired) electrons. The smallest absolute Gasteiger partial charge is 0.00718 e. The Hall–Kier alpha value is -1.50. The Balaban J connectivity index is -0.000000347. The first-order valence-electron chi connectivity index (χ1n) is 8.88. The molecule has 0 bridgehead atoms. The van der Waals surface area contributed by atoms with E-state index in [1.807, 2.05) is 0 Å². The zero-order valence-electron chi connectivity index (χ0n) is 18.3. The van der Waals surface area contributed by atoms with E-state index in [4.69, 9.17) is 0 Å². The van der Waals surface area contributed by atoms with E-state index in [1.54, 1.807) is 0 Å². The van der Waals surface area contributed by atoms with Crippen molar-refractivity contribution in [3.63, 3.8) is 0 Å². The fourth-order valence-electron chi connectivity index (χ4n) is 2.16. The van der Waals surface area contributed by atoms with Crippen LogP contribution >= 0.6 is 37.9 Å². The van der Waals surface area contributed by atoms with Gasteiger partial charge in [0.15, 0.2) is 0 Å². The van der Waals surface area contributed by atoms with E-state index in [1.165, 1.54) is 33.4 Å². The molecule has 6 heteroatoms. The Labute approximate surface area is 195 Å². The molecular formula is C24H33F3S3. The van der Waals surface area contributed by atoms with Crippen LogP contribution in [-0.4, -0.2) is 0 Å². The largest absolute Gasteiger partial charge is 0.269 e. The third kappa shape index (κ3) is 12.3. The Bertz CT molecular complexity index is 779. The van der Waals surface area contributed by atoms with Crippen LogP contribution in [-0.2, 0) is 0 Å². The molecular weight excluding hydrogens is 441 g/mol. The highest BCUT2D eigenvalue weighted by atomic mass is 32.1. The number of rotatable bonds is 0. The summed E-state index contributed by atoms with van der Waals surface area (Å²) in [6, 6.07) is 18.7. The van der Waals surface area contributed by atoms with Crippen LogP contribution in [0.15, 0.2) is 69.3 Å². The van der Waals surface area contributed by atoms with Gasteiger partial charge in [0.1, 0.15) is 0 Å². The van der Waals surface area contributed by atoms with Crippen molar-refractivity contribution < 1.29 is 14.1 Å². The van der Waals surface area contributed by atoms with Gasteiger partial charge in [-0.3, -0.25) is 14.1 Å². The minimum atomic E-state index is 0. The summed E-state index contributed by atoms with van der Waals surface area (Å²) in [5, 5.41) is 0. The van der Waals surface area contributed by atoms with E-state index in [0.29, 0.717) is 0 Å². The average Bonchev–Trinajstić information content (AvgIpc) is 2.60. The number of hydrogen-bond donors (Lipinski definition) is 3. The molecule has 0 fully saturated rings. The van der Waals surface area contributed by atoms with Crippen LogP contribution in [0.4, 0.5) is 14.1 Å². The molecule has 3 rings (SSSR count). The molecule has 0 saturated heterocycles. The zero-order valence-corrected chi connectivity index (χ0v) is 20.9. The van der Waals surface area contributed by atoms with Gasteiger partial charge in [0, 0.05) is 14.7 Å². The third-order valence-corrected chi connectivity index (χ3v) is 5.54. The van der Waals surface area contributed by atoms with Crippen LogP contribution in [0.5, 0.6) is 0 Å². The van der Waals surface area contributed by atoms with E-state index < -0.39 is 0 Å². The summed E-state index contributed by atoms with van der Waals surface area (Å²) >= 11 is 12.8. The van der Waals surface area contributed by atoms with Gasteiger partial charge in [-0.2, -0.15) is 0 Å². The Morgan fingerprint density at radius 2 is 0.600 bits per heavy atom. The van der Waals surface area contributed by atoms with Crippen LogP contribution in [0, 0.1) is 41.5 Å². The molecule has 0 saturated carbocycles. The molecule has 3 aromatic carbocycles. The Kier molecular flexibility index (Phi) is 17.9. The fraction of sp³-hybridized carbons (Fsp3) is 0.250. The molecule has 0 spiro atoms. The molecule has 0 N–H and O–H groups in total. The Morgan fingerprint density at radius 1 is 0.400 bits per heavy atom. The monoisotopic (exact) mass is 474 g/mol. The predicted molar refractivity (Wildman–Crippen MR) is 137 cm³/mol. The molecule has 168 valence electrons. The normalized spacial score (nSPS) is 8.70. The lowest BCUT2D eigenvalue weighted by Crippen LogP contribution is -1.76. The van der Waals surface area contributed by atoms with Gasteiger partial charge in [-0.1, -0.05) is 53.1 Å². The molecule has 3 aromatic rings. The highest BCUT2D eigenvalue weighted by Crippen LogP contribution is 2.14. The molecule has 0 unspecified atom stereocenters. The first kappa shape index (κ1) is 33.1. The molecule has 0 aliphatic heterocycles. The van der Waals surface area contributed by atoms with E-state index in [2.05, 4.69) is 134 Å². The van der Waals surface area contributed by atoms with Gasteiger partial charge >= 0.3 is 0 Å². The van der Waals surface area contributed by atoms with Crippen molar-refractivity contribution in [1.29, 1.82) is 0 Å². The summed E-state index contributed by atoms with van der Waals surface area (Å²) in [5.74, 6) is 0. The molecule has 0 atom stereocenters. The predicted octanol–water partition coefficient (Wildman–Crippen LogP) is 8.23. The summed E-state index contributed by atoms with van der Waals surface area (Å²) in [6.45, 7) is 12.4. The van der Waals surface area contributed by atoms with E-state index in [9.17, 15) is 0 Å². The minimum Gasteiger partial charge on any atom is -0.269 e. The van der Waals surface area contributed by atoms with E-state index >= 15 is 0 Å². The maximum absolute atomic E-state index is 4.27. The van der Waals surface area contributed by atoms with Gasteiger partial charge < -0.3 is 0 Å². The summed E-state index contributed by atoms with van der Waals surface area (Å²) in [4.78, 5) is 3.24.